The lowest BCUT2D eigenvalue weighted by molar-refractivity contribution is -0.117. The summed E-state index contributed by atoms with van der Waals surface area (Å²) in [5, 5.41) is 15.3. The molecule has 0 aliphatic rings. The third kappa shape index (κ3) is 4.65. The fourth-order valence-electron chi connectivity index (χ4n) is 1.72. The van der Waals surface area contributed by atoms with E-state index in [4.69, 9.17) is 16.9 Å². The van der Waals surface area contributed by atoms with Crippen molar-refractivity contribution >= 4 is 23.2 Å². The van der Waals surface area contributed by atoms with E-state index in [1.807, 2.05) is 48.5 Å². The standard InChI is InChI=1S/C17H14ClN3O/c18-15-8-6-13(7-9-15)11-21-17(22)14(10-19)12-20-16-4-2-1-3-5-16/h1-9,12,20H,11H2,(H,21,22)/b14-12-. The van der Waals surface area contributed by atoms with Crippen molar-refractivity contribution in [1.82, 2.24) is 5.32 Å². The normalized spacial score (nSPS) is 10.6. The molecule has 5 heteroatoms. The molecule has 0 aliphatic carbocycles. The van der Waals surface area contributed by atoms with Crippen LogP contribution in [0.2, 0.25) is 5.02 Å². The van der Waals surface area contributed by atoms with E-state index in [1.165, 1.54) is 6.20 Å². The van der Waals surface area contributed by atoms with Gasteiger partial charge in [-0.3, -0.25) is 4.79 Å². The molecule has 0 saturated carbocycles. The van der Waals surface area contributed by atoms with E-state index in [0.717, 1.165) is 11.3 Å². The zero-order valence-corrected chi connectivity index (χ0v) is 12.5. The number of para-hydroxylation sites is 1. The molecule has 1 amide bonds. The van der Waals surface area contributed by atoms with Crippen molar-refractivity contribution in [3.63, 3.8) is 0 Å². The van der Waals surface area contributed by atoms with Gasteiger partial charge in [-0.2, -0.15) is 5.26 Å². The van der Waals surface area contributed by atoms with Gasteiger partial charge >= 0.3 is 0 Å². The van der Waals surface area contributed by atoms with Gasteiger partial charge in [-0.25, -0.2) is 0 Å². The van der Waals surface area contributed by atoms with E-state index in [2.05, 4.69) is 10.6 Å². The van der Waals surface area contributed by atoms with Crippen LogP contribution in [-0.2, 0) is 11.3 Å². The molecule has 22 heavy (non-hydrogen) atoms. The Kier molecular flexibility index (Phi) is 5.58. The maximum Gasteiger partial charge on any atom is 0.263 e. The first-order chi connectivity index (χ1) is 10.7. The third-order valence-corrected chi connectivity index (χ3v) is 3.14. The van der Waals surface area contributed by atoms with Gasteiger partial charge in [0.2, 0.25) is 0 Å². The van der Waals surface area contributed by atoms with Crippen LogP contribution >= 0.6 is 11.6 Å². The molecule has 2 N–H and O–H groups in total. The molecule has 0 heterocycles. The fraction of sp³-hybridized carbons (Fsp3) is 0.0588. The Labute approximate surface area is 134 Å². The molecular formula is C17H14ClN3O. The first-order valence-corrected chi connectivity index (χ1v) is 7.01. The summed E-state index contributed by atoms with van der Waals surface area (Å²) in [6.07, 6.45) is 1.40. The predicted octanol–water partition coefficient (Wildman–Crippen LogP) is 3.48. The fourth-order valence-corrected chi connectivity index (χ4v) is 1.84. The van der Waals surface area contributed by atoms with Gasteiger partial charge in [0.15, 0.2) is 0 Å². The van der Waals surface area contributed by atoms with Gasteiger partial charge in [0.05, 0.1) is 0 Å². The molecule has 0 bridgehead atoms. The SMILES string of the molecule is N#C/C(=C/Nc1ccccc1)C(=O)NCc1ccc(Cl)cc1. The molecule has 0 fully saturated rings. The Morgan fingerprint density at radius 2 is 1.82 bits per heavy atom. The molecule has 110 valence electrons. The van der Waals surface area contributed by atoms with Crippen LogP contribution < -0.4 is 10.6 Å². The summed E-state index contributed by atoms with van der Waals surface area (Å²) in [6.45, 7) is 0.334. The number of nitriles is 1. The highest BCUT2D eigenvalue weighted by atomic mass is 35.5. The van der Waals surface area contributed by atoms with E-state index >= 15 is 0 Å². The van der Waals surface area contributed by atoms with Crippen molar-refractivity contribution in [2.24, 2.45) is 0 Å². The van der Waals surface area contributed by atoms with Gasteiger partial charge in [-0.15, -0.1) is 0 Å². The molecule has 4 nitrogen and oxygen atoms in total. The summed E-state index contributed by atoms with van der Waals surface area (Å²) in [7, 11) is 0. The third-order valence-electron chi connectivity index (χ3n) is 2.89. The molecule has 0 atom stereocenters. The second-order valence-electron chi connectivity index (χ2n) is 4.49. The molecule has 0 aromatic heterocycles. The largest absolute Gasteiger partial charge is 0.360 e. The Morgan fingerprint density at radius 1 is 1.14 bits per heavy atom. The zero-order valence-electron chi connectivity index (χ0n) is 11.7. The number of halogens is 1. The van der Waals surface area contributed by atoms with Crippen LogP contribution in [0, 0.1) is 11.3 Å². The van der Waals surface area contributed by atoms with E-state index in [-0.39, 0.29) is 5.57 Å². The molecule has 0 unspecified atom stereocenters. The van der Waals surface area contributed by atoms with Crippen molar-refractivity contribution in [3.8, 4) is 6.07 Å². The van der Waals surface area contributed by atoms with Gasteiger partial charge in [0.25, 0.3) is 5.91 Å². The maximum absolute atomic E-state index is 12.0. The van der Waals surface area contributed by atoms with Gasteiger partial charge in [0, 0.05) is 23.5 Å². The van der Waals surface area contributed by atoms with E-state index < -0.39 is 5.91 Å². The number of amides is 1. The molecule has 0 radical (unpaired) electrons. The highest BCUT2D eigenvalue weighted by Gasteiger charge is 2.08. The summed E-state index contributed by atoms with van der Waals surface area (Å²) in [5.41, 5.74) is 1.73. The van der Waals surface area contributed by atoms with Gasteiger partial charge in [-0.1, -0.05) is 41.9 Å². The lowest BCUT2D eigenvalue weighted by Gasteiger charge is -2.05. The van der Waals surface area contributed by atoms with Crippen LogP contribution in [0.5, 0.6) is 0 Å². The molecule has 2 aromatic carbocycles. The summed E-state index contributed by atoms with van der Waals surface area (Å²) in [5.74, 6) is -0.430. The molecule has 2 rings (SSSR count). The van der Waals surface area contributed by atoms with Crippen molar-refractivity contribution in [1.29, 1.82) is 5.26 Å². The van der Waals surface area contributed by atoms with Crippen LogP contribution in [0.3, 0.4) is 0 Å². The number of nitrogens with zero attached hydrogens (tertiary/aromatic N) is 1. The highest BCUT2D eigenvalue weighted by molar-refractivity contribution is 6.30. The zero-order chi connectivity index (χ0) is 15.8. The summed E-state index contributed by atoms with van der Waals surface area (Å²) < 4.78 is 0. The Balaban J connectivity index is 1.94. The van der Waals surface area contributed by atoms with Crippen molar-refractivity contribution in [2.45, 2.75) is 6.54 Å². The number of hydrogen-bond donors (Lipinski definition) is 2. The van der Waals surface area contributed by atoms with E-state index in [9.17, 15) is 4.79 Å². The summed E-state index contributed by atoms with van der Waals surface area (Å²) in [4.78, 5) is 12.0. The predicted molar refractivity (Wildman–Crippen MR) is 87.1 cm³/mol. The second-order valence-corrected chi connectivity index (χ2v) is 4.93. The quantitative estimate of drug-likeness (QED) is 0.656. The smallest absolute Gasteiger partial charge is 0.263 e. The molecule has 0 spiro atoms. The van der Waals surface area contributed by atoms with Gasteiger partial charge in [-0.05, 0) is 29.8 Å². The number of benzene rings is 2. The first-order valence-electron chi connectivity index (χ1n) is 6.63. The monoisotopic (exact) mass is 311 g/mol. The Hall–Kier alpha value is -2.77. The number of anilines is 1. The minimum Gasteiger partial charge on any atom is -0.360 e. The van der Waals surface area contributed by atoms with Crippen LogP contribution in [-0.4, -0.2) is 5.91 Å². The minimum absolute atomic E-state index is 0.0119. The average Bonchev–Trinajstić information content (AvgIpc) is 2.56. The van der Waals surface area contributed by atoms with Crippen LogP contribution in [0.4, 0.5) is 5.69 Å². The van der Waals surface area contributed by atoms with Crippen LogP contribution in [0.25, 0.3) is 0 Å². The number of carbonyl (C=O) groups excluding carboxylic acids is 1. The van der Waals surface area contributed by atoms with Crippen LogP contribution in [0.15, 0.2) is 66.4 Å². The summed E-state index contributed by atoms with van der Waals surface area (Å²) in [6, 6.07) is 18.3. The lowest BCUT2D eigenvalue weighted by atomic mass is 10.2. The Morgan fingerprint density at radius 3 is 2.45 bits per heavy atom. The highest BCUT2D eigenvalue weighted by Crippen LogP contribution is 2.09. The lowest BCUT2D eigenvalue weighted by Crippen LogP contribution is -2.24. The van der Waals surface area contributed by atoms with Crippen LogP contribution in [0.1, 0.15) is 5.56 Å². The average molecular weight is 312 g/mol. The van der Waals surface area contributed by atoms with Crippen molar-refractivity contribution < 1.29 is 4.79 Å². The molecule has 0 saturated heterocycles. The Bertz CT molecular complexity index is 703. The van der Waals surface area contributed by atoms with Crippen molar-refractivity contribution in [2.75, 3.05) is 5.32 Å². The molecule has 2 aromatic rings. The van der Waals surface area contributed by atoms with E-state index in [0.29, 0.717) is 11.6 Å². The molecular weight excluding hydrogens is 298 g/mol. The minimum atomic E-state index is -0.430. The van der Waals surface area contributed by atoms with Gasteiger partial charge in [0.1, 0.15) is 11.6 Å². The topological polar surface area (TPSA) is 64.9 Å². The first kappa shape index (κ1) is 15.6. The molecule has 0 aliphatic heterocycles. The number of nitrogens with one attached hydrogen (secondary N) is 2. The van der Waals surface area contributed by atoms with Crippen molar-refractivity contribution in [3.05, 3.63) is 77.0 Å². The maximum atomic E-state index is 12.0. The summed E-state index contributed by atoms with van der Waals surface area (Å²) >= 11 is 5.80. The number of hydrogen-bond acceptors (Lipinski definition) is 3. The van der Waals surface area contributed by atoms with Gasteiger partial charge < -0.3 is 10.6 Å². The number of rotatable bonds is 5. The second kappa shape index (κ2) is 7.87. The van der Waals surface area contributed by atoms with E-state index in [1.54, 1.807) is 12.1 Å². The number of carbonyl (C=O) groups is 1.